The van der Waals surface area contributed by atoms with Gasteiger partial charge in [-0.15, -0.1) is 0 Å². The van der Waals surface area contributed by atoms with Gasteiger partial charge in [-0.1, -0.05) is 25.5 Å². The molecule has 5 aliphatic rings. The molecule has 1 amide bonds. The highest BCUT2D eigenvalue weighted by molar-refractivity contribution is 5.89. The second kappa shape index (κ2) is 7.30. The van der Waals surface area contributed by atoms with E-state index in [4.69, 9.17) is 19.9 Å². The lowest BCUT2D eigenvalue weighted by molar-refractivity contribution is -0.148. The third-order valence-corrected chi connectivity index (χ3v) is 10.3. The molecule has 1 aliphatic heterocycles. The van der Waals surface area contributed by atoms with Crippen molar-refractivity contribution in [2.24, 2.45) is 34.3 Å². The Kier molecular flexibility index (Phi) is 5.06. The number of carbonyl (C=O) groups excluding carboxylic acids is 3. The van der Waals surface area contributed by atoms with Crippen molar-refractivity contribution >= 4 is 17.8 Å². The summed E-state index contributed by atoms with van der Waals surface area (Å²) in [5.74, 6) is 0.417. The van der Waals surface area contributed by atoms with Crippen LogP contribution in [0.3, 0.4) is 0 Å². The summed E-state index contributed by atoms with van der Waals surface area (Å²) < 4.78 is 17.1. The average molecular weight is 460 g/mol. The maximum Gasteiger partial charge on any atom is 0.302 e. The summed E-state index contributed by atoms with van der Waals surface area (Å²) in [7, 11) is 0. The van der Waals surface area contributed by atoms with Crippen LogP contribution in [0, 0.1) is 28.6 Å². The van der Waals surface area contributed by atoms with Gasteiger partial charge in [0.25, 0.3) is 5.91 Å². The molecule has 2 N–H and O–H groups in total. The molecule has 8 atom stereocenters. The van der Waals surface area contributed by atoms with Crippen molar-refractivity contribution in [3.63, 3.8) is 0 Å². The molecule has 0 bridgehead atoms. The van der Waals surface area contributed by atoms with Crippen molar-refractivity contribution in [3.05, 3.63) is 11.6 Å². The minimum absolute atomic E-state index is 0.000644. The number of carbonyl (C=O) groups is 3. The molecule has 7 nitrogen and oxygen atoms in total. The van der Waals surface area contributed by atoms with E-state index in [0.29, 0.717) is 17.8 Å². The maximum absolute atomic E-state index is 12.6. The molecular formula is C26H37NO6. The first-order valence-corrected chi connectivity index (χ1v) is 12.5. The first kappa shape index (κ1) is 22.9. The van der Waals surface area contributed by atoms with Crippen molar-refractivity contribution in [2.45, 2.75) is 96.4 Å². The summed E-state index contributed by atoms with van der Waals surface area (Å²) >= 11 is 0. The smallest absolute Gasteiger partial charge is 0.302 e. The average Bonchev–Trinajstić information content (AvgIpc) is 3.33. The van der Waals surface area contributed by atoms with Crippen LogP contribution in [0.1, 0.15) is 79.1 Å². The number of amides is 1. The van der Waals surface area contributed by atoms with Gasteiger partial charge in [0.1, 0.15) is 18.3 Å². The summed E-state index contributed by atoms with van der Waals surface area (Å²) in [5, 5.41) is 0. The van der Waals surface area contributed by atoms with E-state index in [2.05, 4.69) is 19.9 Å². The number of hydrogen-bond acceptors (Lipinski definition) is 6. The molecule has 4 aliphatic carbocycles. The van der Waals surface area contributed by atoms with Crippen molar-refractivity contribution in [2.75, 3.05) is 6.61 Å². The maximum atomic E-state index is 12.6. The van der Waals surface area contributed by atoms with Crippen LogP contribution in [0.15, 0.2) is 11.6 Å². The number of esters is 2. The summed E-state index contributed by atoms with van der Waals surface area (Å²) in [6, 6.07) is 0. The van der Waals surface area contributed by atoms with Gasteiger partial charge < -0.3 is 19.9 Å². The Bertz CT molecular complexity index is 930. The monoisotopic (exact) mass is 459 g/mol. The normalized spacial score (nSPS) is 47.6. The van der Waals surface area contributed by atoms with E-state index >= 15 is 0 Å². The van der Waals surface area contributed by atoms with E-state index in [1.807, 2.05) is 0 Å². The molecule has 5 rings (SSSR count). The highest BCUT2D eigenvalue weighted by Crippen LogP contribution is 2.75. The number of ether oxygens (including phenoxy) is 3. The fourth-order valence-corrected chi connectivity index (χ4v) is 8.73. The number of rotatable bonds is 4. The lowest BCUT2D eigenvalue weighted by Gasteiger charge is -2.58. The number of allylic oxidation sites excluding steroid dienone is 1. The second-order valence-corrected chi connectivity index (χ2v) is 11.6. The van der Waals surface area contributed by atoms with Gasteiger partial charge in [0.2, 0.25) is 5.60 Å². The van der Waals surface area contributed by atoms with Crippen LogP contribution in [-0.2, 0) is 28.6 Å². The zero-order valence-electron chi connectivity index (χ0n) is 20.3. The molecule has 33 heavy (non-hydrogen) atoms. The van der Waals surface area contributed by atoms with Crippen molar-refractivity contribution in [1.82, 2.24) is 0 Å². The van der Waals surface area contributed by atoms with E-state index in [1.54, 1.807) is 0 Å². The lowest BCUT2D eigenvalue weighted by Crippen LogP contribution is -2.55. The highest BCUT2D eigenvalue weighted by atomic mass is 16.7. The Balaban J connectivity index is 1.40. The Hall–Kier alpha value is -1.89. The van der Waals surface area contributed by atoms with Gasteiger partial charge in [0.05, 0.1) is 0 Å². The van der Waals surface area contributed by atoms with Gasteiger partial charge in [-0.25, -0.2) is 0 Å². The first-order valence-electron chi connectivity index (χ1n) is 12.5. The lowest BCUT2D eigenvalue weighted by atomic mass is 9.47. The minimum Gasteiger partial charge on any atom is -0.462 e. The SMILES string of the molecule is CC(=O)OC[C@@]1(C(N)=O)O[C@]12CC[C@@H]1[C@H]3CC=C4C[C@@H](OC(C)=O)CC[C@]4(C)[C@@H]3CC[C@@]12C. The minimum atomic E-state index is -1.20. The molecular weight excluding hydrogens is 422 g/mol. The van der Waals surface area contributed by atoms with Gasteiger partial charge in [-0.2, -0.15) is 0 Å². The van der Waals surface area contributed by atoms with E-state index in [0.717, 1.165) is 51.4 Å². The first-order chi connectivity index (χ1) is 15.5. The third-order valence-electron chi connectivity index (χ3n) is 10.3. The quantitative estimate of drug-likeness (QED) is 0.392. The molecule has 0 unspecified atom stereocenters. The van der Waals surface area contributed by atoms with Gasteiger partial charge in [-0.3, -0.25) is 14.4 Å². The molecule has 0 aromatic rings. The standard InChI is InChI=1S/C26H37NO6/c1-15(28)31-14-25(22(27)30)26(33-25)12-9-21-19-6-5-17-13-18(32-16(2)29)7-10-23(17,3)20(19)8-11-24(21,26)4/h5,18-21H,6-14H2,1-4H3,(H2,27,30)/t18-,19-,20+,21+,23-,24-,25-,26-/m0/s1. The van der Waals surface area contributed by atoms with Gasteiger partial charge in [0.15, 0.2) is 0 Å². The number of nitrogens with two attached hydrogens (primary N) is 1. The topological polar surface area (TPSA) is 108 Å². The van der Waals surface area contributed by atoms with Crippen LogP contribution in [-0.4, -0.2) is 41.8 Å². The van der Waals surface area contributed by atoms with Crippen molar-refractivity contribution in [3.8, 4) is 0 Å². The van der Waals surface area contributed by atoms with Crippen LogP contribution in [0.2, 0.25) is 0 Å². The van der Waals surface area contributed by atoms with Crippen LogP contribution in [0.5, 0.6) is 0 Å². The van der Waals surface area contributed by atoms with Gasteiger partial charge in [0, 0.05) is 25.7 Å². The third kappa shape index (κ3) is 3.00. The molecule has 7 heteroatoms. The summed E-state index contributed by atoms with van der Waals surface area (Å²) in [6.45, 7) is 7.43. The highest BCUT2D eigenvalue weighted by Gasteiger charge is 2.84. The predicted octanol–water partition coefficient (Wildman–Crippen LogP) is 3.44. The van der Waals surface area contributed by atoms with Gasteiger partial charge >= 0.3 is 11.9 Å². The molecule has 1 spiro atoms. The molecule has 1 heterocycles. The fraction of sp³-hybridized carbons (Fsp3) is 0.808. The number of fused-ring (bicyclic) bond motifs is 6. The zero-order valence-corrected chi connectivity index (χ0v) is 20.3. The molecule has 1 saturated heterocycles. The number of epoxide rings is 1. The Morgan fingerprint density at radius 3 is 2.45 bits per heavy atom. The number of hydrogen-bond donors (Lipinski definition) is 1. The van der Waals surface area contributed by atoms with Crippen molar-refractivity contribution in [1.29, 1.82) is 0 Å². The Morgan fingerprint density at radius 2 is 1.79 bits per heavy atom. The van der Waals surface area contributed by atoms with Crippen LogP contribution in [0.4, 0.5) is 0 Å². The largest absolute Gasteiger partial charge is 0.462 e. The van der Waals surface area contributed by atoms with E-state index in [9.17, 15) is 14.4 Å². The Morgan fingerprint density at radius 1 is 1.06 bits per heavy atom. The molecule has 0 radical (unpaired) electrons. The van der Waals surface area contributed by atoms with Crippen LogP contribution in [0.25, 0.3) is 0 Å². The van der Waals surface area contributed by atoms with E-state index in [-0.39, 0.29) is 29.5 Å². The fourth-order valence-electron chi connectivity index (χ4n) is 8.73. The Labute approximate surface area is 195 Å². The van der Waals surface area contributed by atoms with E-state index in [1.165, 1.54) is 19.4 Å². The van der Waals surface area contributed by atoms with Gasteiger partial charge in [-0.05, 0) is 68.1 Å². The summed E-state index contributed by atoms with van der Waals surface area (Å²) in [4.78, 5) is 35.5. The van der Waals surface area contributed by atoms with Crippen LogP contribution >= 0.6 is 0 Å². The second-order valence-electron chi connectivity index (χ2n) is 11.6. The summed E-state index contributed by atoms with van der Waals surface area (Å²) in [6.07, 6.45) is 10.1. The molecule has 3 saturated carbocycles. The summed E-state index contributed by atoms with van der Waals surface area (Å²) in [5.41, 5.74) is 5.44. The zero-order chi connectivity index (χ0) is 23.8. The van der Waals surface area contributed by atoms with Crippen molar-refractivity contribution < 1.29 is 28.6 Å². The molecule has 182 valence electrons. The predicted molar refractivity (Wildman–Crippen MR) is 120 cm³/mol. The number of primary amides is 1. The molecule has 0 aromatic heterocycles. The molecule has 4 fully saturated rings. The van der Waals surface area contributed by atoms with Crippen LogP contribution < -0.4 is 5.73 Å². The van der Waals surface area contributed by atoms with E-state index < -0.39 is 23.1 Å². The molecule has 0 aromatic carbocycles.